The zero-order valence-corrected chi connectivity index (χ0v) is 10.5. The molecule has 16 heavy (non-hydrogen) atoms. The van der Waals surface area contributed by atoms with Gasteiger partial charge in [0.2, 0.25) is 0 Å². The summed E-state index contributed by atoms with van der Waals surface area (Å²) >= 11 is 1.53. The van der Waals surface area contributed by atoms with E-state index in [1.165, 1.54) is 30.9 Å². The molecule has 0 N–H and O–H groups in total. The molecule has 0 saturated heterocycles. The Morgan fingerprint density at radius 2 is 2.31 bits per heavy atom. The SMILES string of the molecule is CCCCCSc1nc(C(=O)OCC)co1. The van der Waals surface area contributed by atoms with Crippen molar-refractivity contribution in [2.24, 2.45) is 0 Å². The lowest BCUT2D eigenvalue weighted by Crippen LogP contribution is -2.04. The van der Waals surface area contributed by atoms with Crippen LogP contribution in [0.1, 0.15) is 43.6 Å². The largest absolute Gasteiger partial charge is 0.461 e. The Kier molecular flexibility index (Phi) is 6.00. The molecule has 0 bridgehead atoms. The molecule has 0 aliphatic rings. The second kappa shape index (κ2) is 7.33. The highest BCUT2D eigenvalue weighted by molar-refractivity contribution is 7.99. The normalized spacial score (nSPS) is 10.4. The van der Waals surface area contributed by atoms with Crippen molar-refractivity contribution in [3.63, 3.8) is 0 Å². The number of hydrogen-bond acceptors (Lipinski definition) is 5. The molecule has 1 aromatic rings. The Labute approximate surface area is 99.8 Å². The molecule has 5 heteroatoms. The van der Waals surface area contributed by atoms with Crippen LogP contribution in [-0.4, -0.2) is 23.3 Å². The minimum Gasteiger partial charge on any atom is -0.461 e. The average molecular weight is 243 g/mol. The first-order valence-corrected chi connectivity index (χ1v) is 6.52. The quantitative estimate of drug-likeness (QED) is 0.418. The minimum atomic E-state index is -0.424. The number of thioether (sulfide) groups is 1. The Hall–Kier alpha value is -0.970. The summed E-state index contributed by atoms with van der Waals surface area (Å²) < 4.78 is 9.98. The predicted octanol–water partition coefficient (Wildman–Crippen LogP) is 3.13. The van der Waals surface area contributed by atoms with E-state index in [2.05, 4.69) is 11.9 Å². The Morgan fingerprint density at radius 1 is 1.50 bits per heavy atom. The fourth-order valence-corrected chi connectivity index (χ4v) is 1.94. The van der Waals surface area contributed by atoms with Crippen molar-refractivity contribution in [3.8, 4) is 0 Å². The number of rotatable bonds is 7. The molecule has 0 aliphatic heterocycles. The van der Waals surface area contributed by atoms with E-state index in [0.29, 0.717) is 11.8 Å². The molecule has 1 aromatic heterocycles. The van der Waals surface area contributed by atoms with Gasteiger partial charge in [-0.3, -0.25) is 0 Å². The summed E-state index contributed by atoms with van der Waals surface area (Å²) in [6, 6.07) is 0. The van der Waals surface area contributed by atoms with Gasteiger partial charge >= 0.3 is 5.97 Å². The molecule has 0 saturated carbocycles. The number of unbranched alkanes of at least 4 members (excludes halogenated alkanes) is 2. The first-order valence-electron chi connectivity index (χ1n) is 5.53. The highest BCUT2D eigenvalue weighted by Crippen LogP contribution is 2.19. The maximum Gasteiger partial charge on any atom is 0.360 e. The molecule has 0 radical (unpaired) electrons. The summed E-state index contributed by atoms with van der Waals surface area (Å²) in [5.41, 5.74) is 0.250. The van der Waals surface area contributed by atoms with Crippen LogP contribution in [0.3, 0.4) is 0 Å². The van der Waals surface area contributed by atoms with Crippen LogP contribution in [-0.2, 0) is 4.74 Å². The maximum atomic E-state index is 11.3. The van der Waals surface area contributed by atoms with Gasteiger partial charge in [-0.25, -0.2) is 4.79 Å². The standard InChI is InChI=1S/C11H17NO3S/c1-3-5-6-7-16-11-12-9(8-15-11)10(13)14-4-2/h8H,3-7H2,1-2H3. The molecule has 1 heterocycles. The first-order chi connectivity index (χ1) is 7.77. The van der Waals surface area contributed by atoms with Crippen LogP contribution in [0, 0.1) is 0 Å². The number of carbonyl (C=O) groups is 1. The van der Waals surface area contributed by atoms with Crippen molar-refractivity contribution in [3.05, 3.63) is 12.0 Å². The van der Waals surface area contributed by atoms with Crippen LogP contribution < -0.4 is 0 Å². The van der Waals surface area contributed by atoms with Gasteiger partial charge in [0.15, 0.2) is 5.69 Å². The Morgan fingerprint density at radius 3 is 3.00 bits per heavy atom. The number of nitrogens with zero attached hydrogens (tertiary/aromatic N) is 1. The molecular formula is C11H17NO3S. The molecule has 1 rings (SSSR count). The van der Waals surface area contributed by atoms with E-state index in [1.54, 1.807) is 6.92 Å². The van der Waals surface area contributed by atoms with Crippen molar-refractivity contribution in [1.29, 1.82) is 0 Å². The van der Waals surface area contributed by atoms with Gasteiger partial charge in [0.25, 0.3) is 5.22 Å². The van der Waals surface area contributed by atoms with Gasteiger partial charge in [-0.1, -0.05) is 31.5 Å². The van der Waals surface area contributed by atoms with Gasteiger partial charge in [-0.05, 0) is 13.3 Å². The Balaban J connectivity index is 2.36. The summed E-state index contributed by atoms with van der Waals surface area (Å²) in [6.45, 7) is 4.28. The number of oxazole rings is 1. The van der Waals surface area contributed by atoms with E-state index < -0.39 is 5.97 Å². The van der Waals surface area contributed by atoms with Crippen molar-refractivity contribution < 1.29 is 13.9 Å². The van der Waals surface area contributed by atoms with Gasteiger partial charge in [-0.15, -0.1) is 0 Å². The van der Waals surface area contributed by atoms with Crippen LogP contribution in [0.15, 0.2) is 15.9 Å². The van der Waals surface area contributed by atoms with E-state index in [-0.39, 0.29) is 5.69 Å². The maximum absolute atomic E-state index is 11.3. The molecule has 0 amide bonds. The van der Waals surface area contributed by atoms with Gasteiger partial charge in [-0.2, -0.15) is 4.98 Å². The average Bonchev–Trinajstić information content (AvgIpc) is 2.73. The lowest BCUT2D eigenvalue weighted by molar-refractivity contribution is 0.0519. The third-order valence-electron chi connectivity index (χ3n) is 1.94. The smallest absolute Gasteiger partial charge is 0.360 e. The highest BCUT2D eigenvalue weighted by atomic mass is 32.2. The van der Waals surface area contributed by atoms with E-state index in [9.17, 15) is 4.79 Å². The van der Waals surface area contributed by atoms with Gasteiger partial charge < -0.3 is 9.15 Å². The zero-order valence-electron chi connectivity index (χ0n) is 9.69. The molecular weight excluding hydrogens is 226 g/mol. The molecule has 0 spiro atoms. The van der Waals surface area contributed by atoms with Crippen molar-refractivity contribution in [2.45, 2.75) is 38.3 Å². The molecule has 0 aliphatic carbocycles. The summed E-state index contributed by atoms with van der Waals surface area (Å²) in [7, 11) is 0. The monoisotopic (exact) mass is 243 g/mol. The molecule has 4 nitrogen and oxygen atoms in total. The van der Waals surface area contributed by atoms with Crippen molar-refractivity contribution >= 4 is 17.7 Å². The minimum absolute atomic E-state index is 0.250. The van der Waals surface area contributed by atoms with Gasteiger partial charge in [0.05, 0.1) is 6.61 Å². The molecule has 0 fully saturated rings. The lowest BCUT2D eigenvalue weighted by atomic mass is 10.3. The third-order valence-corrected chi connectivity index (χ3v) is 2.87. The van der Waals surface area contributed by atoms with E-state index in [1.807, 2.05) is 0 Å². The second-order valence-corrected chi connectivity index (χ2v) is 4.32. The summed E-state index contributed by atoms with van der Waals surface area (Å²) in [5, 5.41) is 0.541. The molecule has 0 aromatic carbocycles. The fraction of sp³-hybridized carbons (Fsp3) is 0.636. The van der Waals surface area contributed by atoms with Crippen LogP contribution in [0.5, 0.6) is 0 Å². The first kappa shape index (κ1) is 13.1. The van der Waals surface area contributed by atoms with Crippen molar-refractivity contribution in [2.75, 3.05) is 12.4 Å². The summed E-state index contributed by atoms with van der Waals surface area (Å²) in [4.78, 5) is 15.3. The number of esters is 1. The summed E-state index contributed by atoms with van der Waals surface area (Å²) in [5.74, 6) is 0.544. The van der Waals surface area contributed by atoms with E-state index in [0.717, 1.165) is 12.2 Å². The molecule has 90 valence electrons. The highest BCUT2D eigenvalue weighted by Gasteiger charge is 2.12. The van der Waals surface area contributed by atoms with Crippen LogP contribution >= 0.6 is 11.8 Å². The summed E-state index contributed by atoms with van der Waals surface area (Å²) in [6.07, 6.45) is 4.89. The number of hydrogen-bond donors (Lipinski definition) is 0. The number of ether oxygens (including phenoxy) is 1. The predicted molar refractivity (Wildman–Crippen MR) is 62.7 cm³/mol. The third kappa shape index (κ3) is 4.26. The second-order valence-electron chi connectivity index (χ2n) is 3.27. The zero-order chi connectivity index (χ0) is 11.8. The number of carbonyl (C=O) groups excluding carboxylic acids is 1. The fourth-order valence-electron chi connectivity index (χ4n) is 1.13. The van der Waals surface area contributed by atoms with Gasteiger partial charge in [0.1, 0.15) is 6.26 Å². The molecule has 0 unspecified atom stereocenters. The molecule has 0 atom stereocenters. The van der Waals surface area contributed by atoms with E-state index in [4.69, 9.17) is 9.15 Å². The van der Waals surface area contributed by atoms with Crippen LogP contribution in [0.25, 0.3) is 0 Å². The van der Waals surface area contributed by atoms with Gasteiger partial charge in [0, 0.05) is 5.75 Å². The van der Waals surface area contributed by atoms with Crippen LogP contribution in [0.4, 0.5) is 0 Å². The lowest BCUT2D eigenvalue weighted by Gasteiger charge is -1.95. The van der Waals surface area contributed by atoms with Crippen molar-refractivity contribution in [1.82, 2.24) is 4.98 Å². The van der Waals surface area contributed by atoms with E-state index >= 15 is 0 Å². The topological polar surface area (TPSA) is 52.3 Å². The Bertz CT molecular complexity index is 325. The van der Waals surface area contributed by atoms with Crippen LogP contribution in [0.2, 0.25) is 0 Å². The number of aromatic nitrogens is 1.